The molecule has 1 aliphatic rings. The maximum Gasteiger partial charge on any atom is 0.258 e. The van der Waals surface area contributed by atoms with Crippen molar-refractivity contribution in [3.05, 3.63) is 11.8 Å². The minimum atomic E-state index is -3.58. The Morgan fingerprint density at radius 1 is 1.55 bits per heavy atom. The highest BCUT2D eigenvalue weighted by atomic mass is 32.2. The molecule has 3 N–H and O–H groups in total. The molecule has 0 amide bonds. The van der Waals surface area contributed by atoms with E-state index < -0.39 is 10.0 Å². The van der Waals surface area contributed by atoms with Crippen LogP contribution < -0.4 is 10.0 Å². The van der Waals surface area contributed by atoms with E-state index in [1.54, 1.807) is 6.20 Å². The van der Waals surface area contributed by atoms with Crippen LogP contribution in [0.1, 0.15) is 32.3 Å². The zero-order chi connectivity index (χ0) is 14.6. The molecule has 0 radical (unpaired) electrons. The van der Waals surface area contributed by atoms with Gasteiger partial charge in [0.1, 0.15) is 0 Å². The number of hydrogen-bond acceptors (Lipinski definition) is 5. The molecule has 1 unspecified atom stereocenters. The predicted octanol–water partition coefficient (Wildman–Crippen LogP) is 0.365. The van der Waals surface area contributed by atoms with E-state index in [1.807, 2.05) is 13.8 Å². The average molecular weight is 302 g/mol. The summed E-state index contributed by atoms with van der Waals surface area (Å²) in [5.74, 6) is 0. The van der Waals surface area contributed by atoms with Crippen molar-refractivity contribution < 1.29 is 13.2 Å². The fourth-order valence-corrected chi connectivity index (χ4v) is 3.47. The first-order chi connectivity index (χ1) is 9.49. The first-order valence-corrected chi connectivity index (χ1v) is 8.33. The third-order valence-corrected chi connectivity index (χ3v) is 4.66. The predicted molar refractivity (Wildman–Crippen MR) is 74.7 cm³/mol. The third kappa shape index (κ3) is 4.02. The molecule has 1 atom stereocenters. The first kappa shape index (κ1) is 15.4. The second kappa shape index (κ2) is 6.66. The van der Waals surface area contributed by atoms with Gasteiger partial charge in [-0.15, -0.1) is 0 Å². The highest BCUT2D eigenvalue weighted by Crippen LogP contribution is 2.15. The van der Waals surface area contributed by atoms with E-state index in [4.69, 9.17) is 4.74 Å². The average Bonchev–Trinajstić information content (AvgIpc) is 2.86. The first-order valence-electron chi connectivity index (χ1n) is 6.85. The minimum absolute atomic E-state index is 0.135. The monoisotopic (exact) mass is 302 g/mol. The Morgan fingerprint density at radius 3 is 3.00 bits per heavy atom. The van der Waals surface area contributed by atoms with Gasteiger partial charge in [0, 0.05) is 30.8 Å². The molecule has 114 valence electrons. The molecular formula is C12H22N4O3S. The maximum atomic E-state index is 12.4. The van der Waals surface area contributed by atoms with Crippen LogP contribution in [0.25, 0.3) is 0 Å². The second-order valence-corrected chi connectivity index (χ2v) is 6.95. The van der Waals surface area contributed by atoms with Crippen LogP contribution in [-0.2, 0) is 21.3 Å². The fourth-order valence-electron chi connectivity index (χ4n) is 2.08. The van der Waals surface area contributed by atoms with Gasteiger partial charge in [-0.1, -0.05) is 13.8 Å². The summed E-state index contributed by atoms with van der Waals surface area (Å²) in [5, 5.41) is 9.74. The zero-order valence-electron chi connectivity index (χ0n) is 11.8. The van der Waals surface area contributed by atoms with Gasteiger partial charge in [-0.05, 0) is 12.8 Å². The smallest absolute Gasteiger partial charge is 0.258 e. The lowest BCUT2D eigenvalue weighted by molar-refractivity contribution is 0.0774. The van der Waals surface area contributed by atoms with Crippen LogP contribution in [0.4, 0.5) is 0 Å². The molecule has 0 spiro atoms. The molecule has 2 rings (SSSR count). The molecule has 0 aromatic carbocycles. The van der Waals surface area contributed by atoms with Gasteiger partial charge in [-0.3, -0.25) is 5.10 Å². The van der Waals surface area contributed by atoms with E-state index in [0.717, 1.165) is 12.8 Å². The zero-order valence-corrected chi connectivity index (χ0v) is 12.7. The van der Waals surface area contributed by atoms with E-state index in [9.17, 15) is 8.42 Å². The fraction of sp³-hybridized carbons (Fsp3) is 0.750. The quantitative estimate of drug-likeness (QED) is 0.705. The summed E-state index contributed by atoms with van der Waals surface area (Å²) < 4.78 is 32.7. The van der Waals surface area contributed by atoms with Gasteiger partial charge in [-0.2, -0.15) is 5.10 Å². The molecule has 7 nitrogen and oxygen atoms in total. The molecule has 1 saturated heterocycles. The largest absolute Gasteiger partial charge is 0.380 e. The van der Waals surface area contributed by atoms with Gasteiger partial charge in [0.2, 0.25) is 0 Å². The number of ether oxygens (including phenoxy) is 1. The number of nitrogens with one attached hydrogen (secondary N) is 3. The van der Waals surface area contributed by atoms with Gasteiger partial charge >= 0.3 is 0 Å². The standard InChI is InChI=1S/C12H22N4O3S/c1-9(2)13-6-10-7-14-15-12(10)20(17,18)16-11-4-3-5-19-8-11/h7,9,11,13,16H,3-6,8H2,1-2H3,(H,14,15). The van der Waals surface area contributed by atoms with Crippen LogP contribution >= 0.6 is 0 Å². The summed E-state index contributed by atoms with van der Waals surface area (Å²) in [5.41, 5.74) is 0.642. The van der Waals surface area contributed by atoms with Crippen LogP contribution in [0.2, 0.25) is 0 Å². The van der Waals surface area contributed by atoms with Crippen molar-refractivity contribution in [1.82, 2.24) is 20.2 Å². The van der Waals surface area contributed by atoms with Gasteiger partial charge in [-0.25, -0.2) is 13.1 Å². The molecule has 1 fully saturated rings. The van der Waals surface area contributed by atoms with Crippen LogP contribution in [-0.4, -0.2) is 43.9 Å². The van der Waals surface area contributed by atoms with Crippen molar-refractivity contribution >= 4 is 10.0 Å². The molecule has 1 aromatic heterocycles. The lowest BCUT2D eigenvalue weighted by Gasteiger charge is -2.22. The van der Waals surface area contributed by atoms with Crippen LogP contribution in [0.15, 0.2) is 11.2 Å². The van der Waals surface area contributed by atoms with Crippen LogP contribution in [0.3, 0.4) is 0 Å². The van der Waals surface area contributed by atoms with Gasteiger partial charge < -0.3 is 10.1 Å². The summed E-state index contributed by atoms with van der Waals surface area (Å²) in [6.07, 6.45) is 3.21. The Bertz CT molecular complexity index is 521. The van der Waals surface area contributed by atoms with Crippen molar-refractivity contribution in [2.24, 2.45) is 0 Å². The number of aromatic nitrogens is 2. The molecule has 0 bridgehead atoms. The lowest BCUT2D eigenvalue weighted by atomic mass is 10.1. The molecule has 20 heavy (non-hydrogen) atoms. The molecule has 0 aliphatic carbocycles. The van der Waals surface area contributed by atoms with E-state index in [1.165, 1.54) is 0 Å². The third-order valence-electron chi connectivity index (χ3n) is 3.13. The van der Waals surface area contributed by atoms with Crippen molar-refractivity contribution in [3.8, 4) is 0 Å². The number of H-pyrrole nitrogens is 1. The molecule has 8 heteroatoms. The SMILES string of the molecule is CC(C)NCc1cn[nH]c1S(=O)(=O)NC1CCCOC1. The van der Waals surface area contributed by atoms with Gasteiger partial charge in [0.05, 0.1) is 12.8 Å². The Balaban J connectivity index is 2.06. The van der Waals surface area contributed by atoms with E-state index in [2.05, 4.69) is 20.2 Å². The number of hydrogen-bond donors (Lipinski definition) is 3. The van der Waals surface area contributed by atoms with Gasteiger partial charge in [0.25, 0.3) is 10.0 Å². The minimum Gasteiger partial charge on any atom is -0.380 e. The summed E-state index contributed by atoms with van der Waals surface area (Å²) in [7, 11) is -3.58. The number of sulfonamides is 1. The molecule has 2 heterocycles. The Kier molecular flexibility index (Phi) is 5.14. The van der Waals surface area contributed by atoms with Crippen molar-refractivity contribution in [3.63, 3.8) is 0 Å². The van der Waals surface area contributed by atoms with Crippen LogP contribution in [0, 0.1) is 0 Å². The Hall–Kier alpha value is -0.960. The lowest BCUT2D eigenvalue weighted by Crippen LogP contribution is -2.41. The van der Waals surface area contributed by atoms with Crippen molar-refractivity contribution in [1.29, 1.82) is 0 Å². The normalized spacial score (nSPS) is 20.4. The van der Waals surface area contributed by atoms with E-state index in [-0.39, 0.29) is 17.1 Å². The number of aromatic amines is 1. The molecule has 0 saturated carbocycles. The summed E-state index contributed by atoms with van der Waals surface area (Å²) in [4.78, 5) is 0. The summed E-state index contributed by atoms with van der Waals surface area (Å²) in [6, 6.07) is 0.114. The Labute approximate surface area is 119 Å². The number of rotatable bonds is 6. The Morgan fingerprint density at radius 2 is 2.35 bits per heavy atom. The van der Waals surface area contributed by atoms with E-state index in [0.29, 0.717) is 25.3 Å². The van der Waals surface area contributed by atoms with Crippen LogP contribution in [0.5, 0.6) is 0 Å². The molecule has 1 aliphatic heterocycles. The highest BCUT2D eigenvalue weighted by Gasteiger charge is 2.25. The van der Waals surface area contributed by atoms with Crippen molar-refractivity contribution in [2.45, 2.75) is 50.3 Å². The second-order valence-electron chi connectivity index (χ2n) is 5.30. The highest BCUT2D eigenvalue weighted by molar-refractivity contribution is 7.89. The molecular weight excluding hydrogens is 280 g/mol. The summed E-state index contributed by atoms with van der Waals surface area (Å²) >= 11 is 0. The van der Waals surface area contributed by atoms with Crippen molar-refractivity contribution in [2.75, 3.05) is 13.2 Å². The maximum absolute atomic E-state index is 12.4. The van der Waals surface area contributed by atoms with E-state index >= 15 is 0 Å². The number of nitrogens with zero attached hydrogens (tertiary/aromatic N) is 1. The molecule has 1 aromatic rings. The summed E-state index contributed by atoms with van der Waals surface area (Å²) in [6.45, 7) is 5.60. The van der Waals surface area contributed by atoms with Gasteiger partial charge in [0.15, 0.2) is 5.03 Å². The topological polar surface area (TPSA) is 96.1 Å².